The first kappa shape index (κ1) is 15.0. The molecule has 0 aliphatic carbocycles. The van der Waals surface area contributed by atoms with Crippen LogP contribution in [-0.2, 0) is 24.9 Å². The van der Waals surface area contributed by atoms with Crippen LogP contribution in [0.3, 0.4) is 0 Å². The number of rotatable bonds is 5. The summed E-state index contributed by atoms with van der Waals surface area (Å²) in [4.78, 5) is 23.6. The van der Waals surface area contributed by atoms with Crippen LogP contribution < -0.4 is 10.9 Å². The van der Waals surface area contributed by atoms with Gasteiger partial charge in [0.15, 0.2) is 0 Å². The number of aromatic nitrogens is 3. The van der Waals surface area contributed by atoms with Gasteiger partial charge in [0.25, 0.3) is 5.56 Å². The molecule has 0 aromatic carbocycles. The molecule has 0 atom stereocenters. The molecule has 2 aromatic rings. The van der Waals surface area contributed by atoms with Gasteiger partial charge in [-0.1, -0.05) is 6.07 Å². The zero-order valence-electron chi connectivity index (χ0n) is 12.6. The number of carbonyl (C=O) groups excluding carboxylic acids is 1. The Balaban J connectivity index is 1.88. The van der Waals surface area contributed by atoms with Crippen molar-refractivity contribution in [3.63, 3.8) is 0 Å². The SMILES string of the molecule is Cc1cc(CNC(=O)CCn2c(C)cccc2=O)n(C)n1. The second-order valence-corrected chi connectivity index (χ2v) is 5.08. The molecule has 0 saturated carbocycles. The third kappa shape index (κ3) is 3.81. The van der Waals surface area contributed by atoms with Gasteiger partial charge >= 0.3 is 0 Å². The summed E-state index contributed by atoms with van der Waals surface area (Å²) >= 11 is 0. The number of aryl methyl sites for hydroxylation is 3. The van der Waals surface area contributed by atoms with Crippen molar-refractivity contribution in [2.45, 2.75) is 33.4 Å². The Kier molecular flexibility index (Phi) is 4.57. The van der Waals surface area contributed by atoms with Gasteiger partial charge in [0.05, 0.1) is 17.9 Å². The standard InChI is InChI=1S/C15H20N4O2/c1-11-9-13(18(3)17-11)10-16-14(20)7-8-19-12(2)5-4-6-15(19)21/h4-6,9H,7-8,10H2,1-3H3,(H,16,20). The lowest BCUT2D eigenvalue weighted by Gasteiger charge is -2.09. The van der Waals surface area contributed by atoms with E-state index in [1.54, 1.807) is 15.3 Å². The highest BCUT2D eigenvalue weighted by Crippen LogP contribution is 2.01. The molecule has 1 N–H and O–H groups in total. The summed E-state index contributed by atoms with van der Waals surface area (Å²) in [7, 11) is 1.85. The monoisotopic (exact) mass is 288 g/mol. The van der Waals surface area contributed by atoms with Gasteiger partial charge in [0.1, 0.15) is 0 Å². The van der Waals surface area contributed by atoms with Gasteiger partial charge in [-0.2, -0.15) is 5.10 Å². The van der Waals surface area contributed by atoms with Gasteiger partial charge in [-0.15, -0.1) is 0 Å². The van der Waals surface area contributed by atoms with E-state index >= 15 is 0 Å². The van der Waals surface area contributed by atoms with Gasteiger partial charge in [-0.3, -0.25) is 14.3 Å². The quantitative estimate of drug-likeness (QED) is 0.889. The molecule has 0 radical (unpaired) electrons. The average Bonchev–Trinajstić information content (AvgIpc) is 2.74. The van der Waals surface area contributed by atoms with E-state index in [1.165, 1.54) is 6.07 Å². The molecule has 0 unspecified atom stereocenters. The smallest absolute Gasteiger partial charge is 0.250 e. The fourth-order valence-corrected chi connectivity index (χ4v) is 2.23. The minimum absolute atomic E-state index is 0.0786. The summed E-state index contributed by atoms with van der Waals surface area (Å²) in [6.45, 7) is 4.61. The molecule has 21 heavy (non-hydrogen) atoms. The molecule has 0 aliphatic rings. The van der Waals surface area contributed by atoms with Crippen molar-refractivity contribution in [2.75, 3.05) is 0 Å². The highest BCUT2D eigenvalue weighted by molar-refractivity contribution is 5.75. The molecule has 112 valence electrons. The van der Waals surface area contributed by atoms with Crippen molar-refractivity contribution in [1.29, 1.82) is 0 Å². The Hall–Kier alpha value is -2.37. The number of nitrogens with zero attached hydrogens (tertiary/aromatic N) is 3. The Labute approximate surface area is 123 Å². The fraction of sp³-hybridized carbons (Fsp3) is 0.400. The molecule has 2 rings (SSSR count). The van der Waals surface area contributed by atoms with E-state index in [-0.39, 0.29) is 17.9 Å². The van der Waals surface area contributed by atoms with Crippen molar-refractivity contribution in [3.05, 3.63) is 51.7 Å². The van der Waals surface area contributed by atoms with Crippen LogP contribution in [0.1, 0.15) is 23.5 Å². The van der Waals surface area contributed by atoms with Crippen LogP contribution in [0.4, 0.5) is 0 Å². The Bertz CT molecular complexity index is 700. The normalized spacial score (nSPS) is 10.6. The molecular weight excluding hydrogens is 268 g/mol. The Morgan fingerprint density at radius 2 is 2.10 bits per heavy atom. The maximum absolute atomic E-state index is 11.9. The fourth-order valence-electron chi connectivity index (χ4n) is 2.23. The van der Waals surface area contributed by atoms with Crippen molar-refractivity contribution in [1.82, 2.24) is 19.7 Å². The summed E-state index contributed by atoms with van der Waals surface area (Å²) in [5, 5.41) is 7.07. The van der Waals surface area contributed by atoms with Gasteiger partial charge in [0, 0.05) is 31.8 Å². The molecule has 0 bridgehead atoms. The molecular formula is C15H20N4O2. The summed E-state index contributed by atoms with van der Waals surface area (Å²) < 4.78 is 3.36. The highest BCUT2D eigenvalue weighted by atomic mass is 16.1. The van der Waals surface area contributed by atoms with Crippen LogP contribution in [0.5, 0.6) is 0 Å². The average molecular weight is 288 g/mol. The molecule has 0 aliphatic heterocycles. The topological polar surface area (TPSA) is 68.9 Å². The van der Waals surface area contributed by atoms with Gasteiger partial charge in [-0.25, -0.2) is 0 Å². The summed E-state index contributed by atoms with van der Waals surface area (Å²) in [5.74, 6) is -0.0796. The highest BCUT2D eigenvalue weighted by Gasteiger charge is 2.07. The zero-order chi connectivity index (χ0) is 15.4. The molecule has 2 aromatic heterocycles. The number of amides is 1. The van der Waals surface area contributed by atoms with Crippen LogP contribution >= 0.6 is 0 Å². The second-order valence-electron chi connectivity index (χ2n) is 5.08. The first-order valence-corrected chi connectivity index (χ1v) is 6.90. The maximum atomic E-state index is 11.9. The van der Waals surface area contributed by atoms with Gasteiger partial charge in [0.2, 0.25) is 5.91 Å². The van der Waals surface area contributed by atoms with E-state index in [0.717, 1.165) is 17.1 Å². The van der Waals surface area contributed by atoms with Gasteiger partial charge < -0.3 is 9.88 Å². The third-order valence-electron chi connectivity index (χ3n) is 3.40. The summed E-state index contributed by atoms with van der Waals surface area (Å²) in [5.41, 5.74) is 2.66. The second kappa shape index (κ2) is 6.39. The molecule has 0 spiro atoms. The molecule has 1 amide bonds. The maximum Gasteiger partial charge on any atom is 0.250 e. The van der Waals surface area contributed by atoms with Crippen molar-refractivity contribution >= 4 is 5.91 Å². The van der Waals surface area contributed by atoms with Crippen LogP contribution in [0, 0.1) is 13.8 Å². The number of hydrogen-bond acceptors (Lipinski definition) is 3. The first-order valence-electron chi connectivity index (χ1n) is 6.90. The Morgan fingerprint density at radius 3 is 2.71 bits per heavy atom. The van der Waals surface area contributed by atoms with Crippen molar-refractivity contribution < 1.29 is 4.79 Å². The molecule has 0 saturated heterocycles. The molecule has 6 heteroatoms. The minimum Gasteiger partial charge on any atom is -0.350 e. The third-order valence-corrected chi connectivity index (χ3v) is 3.40. The largest absolute Gasteiger partial charge is 0.350 e. The van der Waals surface area contributed by atoms with Crippen LogP contribution in [0.2, 0.25) is 0 Å². The number of carbonyl (C=O) groups is 1. The predicted octanol–water partition coefficient (Wildman–Crippen LogP) is 0.905. The van der Waals surface area contributed by atoms with Crippen LogP contribution in [-0.4, -0.2) is 20.3 Å². The zero-order valence-corrected chi connectivity index (χ0v) is 12.6. The lowest BCUT2D eigenvalue weighted by molar-refractivity contribution is -0.121. The summed E-state index contributed by atoms with van der Waals surface area (Å²) in [6, 6.07) is 7.02. The van der Waals surface area contributed by atoms with Crippen molar-refractivity contribution in [3.8, 4) is 0 Å². The molecule has 0 fully saturated rings. The lowest BCUT2D eigenvalue weighted by Crippen LogP contribution is -2.28. The number of hydrogen-bond donors (Lipinski definition) is 1. The Morgan fingerprint density at radius 1 is 1.33 bits per heavy atom. The van der Waals surface area contributed by atoms with Crippen molar-refractivity contribution in [2.24, 2.45) is 7.05 Å². The van der Waals surface area contributed by atoms with E-state index in [1.807, 2.05) is 33.0 Å². The minimum atomic E-state index is -0.0796. The van der Waals surface area contributed by atoms with Gasteiger partial charge in [-0.05, 0) is 26.0 Å². The summed E-state index contributed by atoms with van der Waals surface area (Å²) in [6.07, 6.45) is 0.279. The first-order chi connectivity index (χ1) is 9.97. The predicted molar refractivity (Wildman–Crippen MR) is 79.8 cm³/mol. The van der Waals surface area contributed by atoms with Crippen LogP contribution in [0.25, 0.3) is 0 Å². The van der Waals surface area contributed by atoms with Crippen LogP contribution in [0.15, 0.2) is 29.1 Å². The van der Waals surface area contributed by atoms with E-state index in [2.05, 4.69) is 10.4 Å². The molecule has 2 heterocycles. The molecule has 6 nitrogen and oxygen atoms in total. The lowest BCUT2D eigenvalue weighted by atomic mass is 10.3. The van der Waals surface area contributed by atoms with E-state index in [0.29, 0.717) is 13.1 Å². The van der Waals surface area contributed by atoms with E-state index in [4.69, 9.17) is 0 Å². The van der Waals surface area contributed by atoms with E-state index < -0.39 is 0 Å². The van der Waals surface area contributed by atoms with E-state index in [9.17, 15) is 9.59 Å². The number of nitrogens with one attached hydrogen (secondary N) is 1. The number of pyridine rings is 1.